The van der Waals surface area contributed by atoms with Crippen molar-refractivity contribution in [2.75, 3.05) is 13.2 Å². The van der Waals surface area contributed by atoms with Gasteiger partial charge in [0.05, 0.1) is 0 Å². The van der Waals surface area contributed by atoms with E-state index < -0.39 is 6.10 Å². The maximum atomic E-state index is 12.9. The van der Waals surface area contributed by atoms with Crippen molar-refractivity contribution in [3.05, 3.63) is 109 Å². The Hall–Kier alpha value is -3.93. The van der Waals surface area contributed by atoms with Crippen molar-refractivity contribution in [2.24, 2.45) is 0 Å². The van der Waals surface area contributed by atoms with Gasteiger partial charge in [0.1, 0.15) is 13.2 Å². The molecule has 1 atom stereocenters. The molecular weight excluding hydrogens is 997 g/mol. The molecule has 0 heterocycles. The van der Waals surface area contributed by atoms with Crippen LogP contribution in [0.4, 0.5) is 0 Å². The SMILES string of the molecule is CC/C=C\C/C=C\C/C=C\C/C=C\C/C=C\C/C=C\C/C=C\C/C=C\C/C=C\CCCC(=O)OCC(COC(=O)CCCCCCCCCCCCCCC)OC(=O)CCCCCCCCCCCCCCCCCCCCCCC. The molecule has 0 radical (unpaired) electrons. The fraction of sp³-hybridized carbons (Fsp3) is 0.720. The van der Waals surface area contributed by atoms with Crippen LogP contribution in [-0.4, -0.2) is 37.2 Å². The van der Waals surface area contributed by atoms with E-state index in [4.69, 9.17) is 14.2 Å². The van der Waals surface area contributed by atoms with Gasteiger partial charge in [0, 0.05) is 19.3 Å². The van der Waals surface area contributed by atoms with Gasteiger partial charge >= 0.3 is 17.9 Å². The lowest BCUT2D eigenvalue weighted by molar-refractivity contribution is -0.167. The number of hydrogen-bond acceptors (Lipinski definition) is 6. The minimum atomic E-state index is -0.801. The average molecular weight is 1130 g/mol. The molecule has 0 amide bonds. The fourth-order valence-corrected chi connectivity index (χ4v) is 9.68. The second-order valence-electron chi connectivity index (χ2n) is 22.7. The van der Waals surface area contributed by atoms with Crippen LogP contribution in [0, 0.1) is 0 Å². The summed E-state index contributed by atoms with van der Waals surface area (Å²) in [5.41, 5.74) is 0. The van der Waals surface area contributed by atoms with Gasteiger partial charge < -0.3 is 14.2 Å². The first-order valence-electron chi connectivity index (χ1n) is 34.4. The molecule has 1 unspecified atom stereocenters. The quantitative estimate of drug-likeness (QED) is 0.0261. The lowest BCUT2D eigenvalue weighted by Crippen LogP contribution is -2.30. The van der Waals surface area contributed by atoms with E-state index in [1.165, 1.54) is 180 Å². The summed E-state index contributed by atoms with van der Waals surface area (Å²) in [4.78, 5) is 38.4. The zero-order valence-corrected chi connectivity index (χ0v) is 53.3. The molecular formula is C75H128O6. The van der Waals surface area contributed by atoms with Gasteiger partial charge in [-0.3, -0.25) is 14.4 Å². The van der Waals surface area contributed by atoms with Gasteiger partial charge in [0.25, 0.3) is 0 Å². The van der Waals surface area contributed by atoms with E-state index >= 15 is 0 Å². The molecule has 0 fully saturated rings. The average Bonchev–Trinajstić information content (AvgIpc) is 3.46. The molecule has 0 saturated carbocycles. The van der Waals surface area contributed by atoms with Crippen LogP contribution in [-0.2, 0) is 28.6 Å². The topological polar surface area (TPSA) is 78.9 Å². The number of carbonyl (C=O) groups is 3. The van der Waals surface area contributed by atoms with Crippen molar-refractivity contribution in [3.63, 3.8) is 0 Å². The molecule has 81 heavy (non-hydrogen) atoms. The number of rotatable bonds is 62. The van der Waals surface area contributed by atoms with E-state index in [9.17, 15) is 14.4 Å². The maximum Gasteiger partial charge on any atom is 0.306 e. The monoisotopic (exact) mass is 1120 g/mol. The van der Waals surface area contributed by atoms with Crippen LogP contribution in [0.15, 0.2) is 109 Å². The first-order valence-corrected chi connectivity index (χ1v) is 34.4. The predicted molar refractivity (Wildman–Crippen MR) is 353 cm³/mol. The summed E-state index contributed by atoms with van der Waals surface area (Å²) < 4.78 is 16.9. The molecule has 0 rings (SSSR count). The van der Waals surface area contributed by atoms with Gasteiger partial charge in [-0.05, 0) is 83.5 Å². The number of ether oxygens (including phenoxy) is 3. The summed E-state index contributed by atoms with van der Waals surface area (Å²) in [7, 11) is 0. The van der Waals surface area contributed by atoms with E-state index in [0.29, 0.717) is 19.3 Å². The van der Waals surface area contributed by atoms with Crippen molar-refractivity contribution >= 4 is 17.9 Å². The Kier molecular flexibility index (Phi) is 65.2. The predicted octanol–water partition coefficient (Wildman–Crippen LogP) is 23.8. The fourth-order valence-electron chi connectivity index (χ4n) is 9.68. The Bertz CT molecular complexity index is 1620. The minimum absolute atomic E-state index is 0.0921. The van der Waals surface area contributed by atoms with E-state index in [0.717, 1.165) is 103 Å². The smallest absolute Gasteiger partial charge is 0.306 e. The van der Waals surface area contributed by atoms with Crippen LogP contribution < -0.4 is 0 Å². The summed E-state index contributed by atoms with van der Waals surface area (Å²) in [6.07, 6.45) is 94.0. The van der Waals surface area contributed by atoms with Gasteiger partial charge in [-0.2, -0.15) is 0 Å². The van der Waals surface area contributed by atoms with Crippen LogP contribution in [0.25, 0.3) is 0 Å². The third-order valence-electron chi connectivity index (χ3n) is 14.8. The Morgan fingerprint density at radius 3 is 0.753 bits per heavy atom. The lowest BCUT2D eigenvalue weighted by atomic mass is 10.0. The molecule has 6 nitrogen and oxygen atoms in total. The molecule has 0 spiro atoms. The standard InChI is InChI=1S/C75H128O6/c1-4-7-10-13-16-19-22-25-27-29-31-33-34-35-36-37-38-39-40-42-43-45-47-50-53-56-59-62-65-68-74(77)80-71-72(70-79-73(76)67-64-61-58-55-52-49-24-21-18-15-12-9-6-3)81-75(78)69-66-63-60-57-54-51-48-46-44-41-32-30-28-26-23-20-17-14-11-8-5-2/h7,10,16,19,25,27,31,33,35-36,38-39,42-43,47,50,56,59,72H,4-6,8-9,11-15,17-18,20-24,26,28-30,32,34,37,40-41,44-46,48-49,51-55,57-58,60-71H2,1-3H3/b10-7-,19-16-,27-25-,33-31-,36-35-,39-38-,43-42-,50-47-,59-56-. The Morgan fingerprint density at radius 2 is 0.481 bits per heavy atom. The molecule has 0 aromatic rings. The molecule has 0 aromatic carbocycles. The largest absolute Gasteiger partial charge is 0.462 e. The zero-order valence-electron chi connectivity index (χ0n) is 53.3. The summed E-state index contributed by atoms with van der Waals surface area (Å²) in [6.45, 7) is 6.52. The van der Waals surface area contributed by atoms with Gasteiger partial charge in [0.15, 0.2) is 6.10 Å². The summed E-state index contributed by atoms with van der Waals surface area (Å²) in [6, 6.07) is 0. The normalized spacial score (nSPS) is 12.8. The van der Waals surface area contributed by atoms with Crippen LogP contribution in [0.3, 0.4) is 0 Å². The number of hydrogen-bond donors (Lipinski definition) is 0. The second-order valence-corrected chi connectivity index (χ2v) is 22.7. The number of unbranched alkanes of at least 4 members (excludes halogenated alkanes) is 33. The molecule has 0 aromatic heterocycles. The van der Waals surface area contributed by atoms with E-state index in [-0.39, 0.29) is 37.5 Å². The van der Waals surface area contributed by atoms with Crippen molar-refractivity contribution in [1.29, 1.82) is 0 Å². The summed E-state index contributed by atoms with van der Waals surface area (Å²) in [5, 5.41) is 0. The summed E-state index contributed by atoms with van der Waals surface area (Å²) in [5.74, 6) is -0.940. The third kappa shape index (κ3) is 66.8. The second kappa shape index (κ2) is 68.6. The maximum absolute atomic E-state index is 12.9. The number of esters is 3. The Balaban J connectivity index is 4.40. The number of carbonyl (C=O) groups excluding carboxylic acids is 3. The van der Waals surface area contributed by atoms with E-state index in [1.54, 1.807) is 0 Å². The highest BCUT2D eigenvalue weighted by Crippen LogP contribution is 2.17. The van der Waals surface area contributed by atoms with Gasteiger partial charge in [-0.15, -0.1) is 0 Å². The van der Waals surface area contributed by atoms with Crippen LogP contribution in [0.2, 0.25) is 0 Å². The van der Waals surface area contributed by atoms with Crippen molar-refractivity contribution in [1.82, 2.24) is 0 Å². The molecule has 0 aliphatic carbocycles. The van der Waals surface area contributed by atoms with Crippen LogP contribution in [0.5, 0.6) is 0 Å². The third-order valence-corrected chi connectivity index (χ3v) is 14.8. The highest BCUT2D eigenvalue weighted by molar-refractivity contribution is 5.71. The highest BCUT2D eigenvalue weighted by Gasteiger charge is 2.19. The van der Waals surface area contributed by atoms with Crippen molar-refractivity contribution in [2.45, 2.75) is 335 Å². The van der Waals surface area contributed by atoms with Crippen molar-refractivity contribution in [3.8, 4) is 0 Å². The van der Waals surface area contributed by atoms with E-state index in [1.807, 2.05) is 0 Å². The summed E-state index contributed by atoms with van der Waals surface area (Å²) >= 11 is 0. The van der Waals surface area contributed by atoms with Gasteiger partial charge in [0.2, 0.25) is 0 Å². The Morgan fingerprint density at radius 1 is 0.259 bits per heavy atom. The first kappa shape index (κ1) is 77.1. The van der Waals surface area contributed by atoms with Crippen LogP contribution >= 0.6 is 0 Å². The molecule has 0 saturated heterocycles. The van der Waals surface area contributed by atoms with Gasteiger partial charge in [-0.1, -0.05) is 336 Å². The molecule has 464 valence electrons. The Labute approximate surface area is 501 Å². The molecule has 0 aliphatic heterocycles. The zero-order chi connectivity index (χ0) is 58.5. The lowest BCUT2D eigenvalue weighted by Gasteiger charge is -2.18. The van der Waals surface area contributed by atoms with Gasteiger partial charge in [-0.25, -0.2) is 0 Å². The highest BCUT2D eigenvalue weighted by atomic mass is 16.6. The molecule has 0 aliphatic rings. The van der Waals surface area contributed by atoms with Crippen LogP contribution in [0.1, 0.15) is 329 Å². The first-order chi connectivity index (χ1) is 40.0. The van der Waals surface area contributed by atoms with Crippen molar-refractivity contribution < 1.29 is 28.6 Å². The molecule has 6 heteroatoms. The van der Waals surface area contributed by atoms with E-state index in [2.05, 4.69) is 130 Å². The minimum Gasteiger partial charge on any atom is -0.462 e. The number of allylic oxidation sites excluding steroid dienone is 18. The molecule has 0 bridgehead atoms. The molecule has 0 N–H and O–H groups in total.